The molecule has 0 atom stereocenters. The molecule has 1 aliphatic heterocycles. The van der Waals surface area contributed by atoms with Crippen LogP contribution in [0.3, 0.4) is 0 Å². The van der Waals surface area contributed by atoms with Crippen LogP contribution in [0.4, 0.5) is 0 Å². The number of carbonyl (C=O) groups is 1. The van der Waals surface area contributed by atoms with Gasteiger partial charge in [0.15, 0.2) is 11.5 Å². The monoisotopic (exact) mass is 328 g/mol. The SMILES string of the molecule is C=CCSc1ncccc1C(=O)NCc1ccc2c(c1)OCO2. The summed E-state index contributed by atoms with van der Waals surface area (Å²) in [5, 5.41) is 3.61. The number of hydrogen-bond acceptors (Lipinski definition) is 5. The fourth-order valence-electron chi connectivity index (χ4n) is 2.14. The van der Waals surface area contributed by atoms with Crippen molar-refractivity contribution in [3.8, 4) is 11.5 Å². The minimum atomic E-state index is -0.151. The number of rotatable bonds is 6. The number of benzene rings is 1. The molecule has 118 valence electrons. The lowest BCUT2D eigenvalue weighted by molar-refractivity contribution is 0.0947. The Kier molecular flexibility index (Phi) is 4.83. The number of nitrogens with zero attached hydrogens (tertiary/aromatic N) is 1. The zero-order chi connectivity index (χ0) is 16.1. The summed E-state index contributed by atoms with van der Waals surface area (Å²) >= 11 is 1.49. The van der Waals surface area contributed by atoms with Gasteiger partial charge in [-0.05, 0) is 29.8 Å². The van der Waals surface area contributed by atoms with E-state index in [0.717, 1.165) is 11.3 Å². The molecule has 1 N–H and O–H groups in total. The topological polar surface area (TPSA) is 60.5 Å². The summed E-state index contributed by atoms with van der Waals surface area (Å²) in [6, 6.07) is 9.16. The minimum Gasteiger partial charge on any atom is -0.454 e. The van der Waals surface area contributed by atoms with Crippen molar-refractivity contribution < 1.29 is 14.3 Å². The van der Waals surface area contributed by atoms with Gasteiger partial charge in [0.05, 0.1) is 5.56 Å². The van der Waals surface area contributed by atoms with E-state index in [0.29, 0.717) is 28.6 Å². The molecule has 6 heteroatoms. The Balaban J connectivity index is 1.66. The van der Waals surface area contributed by atoms with Crippen molar-refractivity contribution >= 4 is 17.7 Å². The lowest BCUT2D eigenvalue weighted by Crippen LogP contribution is -2.23. The summed E-state index contributed by atoms with van der Waals surface area (Å²) in [4.78, 5) is 16.6. The number of aromatic nitrogens is 1. The second-order valence-electron chi connectivity index (χ2n) is 4.83. The molecule has 1 aliphatic rings. The zero-order valence-corrected chi connectivity index (χ0v) is 13.3. The number of fused-ring (bicyclic) bond motifs is 1. The van der Waals surface area contributed by atoms with Crippen LogP contribution in [0.25, 0.3) is 0 Å². The maximum Gasteiger partial charge on any atom is 0.254 e. The summed E-state index contributed by atoms with van der Waals surface area (Å²) in [5.41, 5.74) is 1.52. The largest absolute Gasteiger partial charge is 0.454 e. The van der Waals surface area contributed by atoms with Crippen molar-refractivity contribution in [2.45, 2.75) is 11.6 Å². The first-order chi connectivity index (χ1) is 11.3. The van der Waals surface area contributed by atoms with Crippen LogP contribution in [0.2, 0.25) is 0 Å². The Morgan fingerprint density at radius 1 is 1.35 bits per heavy atom. The maximum atomic E-state index is 12.4. The molecule has 2 aromatic rings. The Hall–Kier alpha value is -2.47. The van der Waals surface area contributed by atoms with Gasteiger partial charge in [0.2, 0.25) is 6.79 Å². The van der Waals surface area contributed by atoms with Gasteiger partial charge in [0, 0.05) is 18.5 Å². The molecule has 2 heterocycles. The molecular weight excluding hydrogens is 312 g/mol. The standard InChI is InChI=1S/C17H16N2O3S/c1-2-8-23-17-13(4-3-7-18-17)16(20)19-10-12-5-6-14-15(9-12)22-11-21-14/h2-7,9H,1,8,10-11H2,(H,19,20). The third-order valence-corrected chi connectivity index (χ3v) is 4.24. The summed E-state index contributed by atoms with van der Waals surface area (Å²) in [6.07, 6.45) is 3.47. The first-order valence-corrected chi connectivity index (χ1v) is 8.12. The van der Waals surface area contributed by atoms with Crippen LogP contribution < -0.4 is 14.8 Å². The van der Waals surface area contributed by atoms with E-state index in [4.69, 9.17) is 9.47 Å². The van der Waals surface area contributed by atoms with E-state index in [2.05, 4.69) is 16.9 Å². The number of nitrogens with one attached hydrogen (secondary N) is 1. The Labute approximate surface area is 138 Å². The van der Waals surface area contributed by atoms with E-state index >= 15 is 0 Å². The molecule has 5 nitrogen and oxygen atoms in total. The molecule has 0 saturated carbocycles. The molecule has 0 fully saturated rings. The van der Waals surface area contributed by atoms with E-state index in [1.807, 2.05) is 18.2 Å². The molecule has 1 aromatic heterocycles. The smallest absolute Gasteiger partial charge is 0.254 e. The Morgan fingerprint density at radius 2 is 2.22 bits per heavy atom. The normalized spacial score (nSPS) is 12.0. The number of hydrogen-bond donors (Lipinski definition) is 1. The predicted octanol–water partition coefficient (Wildman–Crippen LogP) is 3.02. The summed E-state index contributed by atoms with van der Waals surface area (Å²) < 4.78 is 10.6. The minimum absolute atomic E-state index is 0.151. The fraction of sp³-hybridized carbons (Fsp3) is 0.176. The number of carbonyl (C=O) groups excluding carboxylic acids is 1. The van der Waals surface area contributed by atoms with Crippen LogP contribution in [0.15, 0.2) is 54.2 Å². The highest BCUT2D eigenvalue weighted by molar-refractivity contribution is 7.99. The van der Waals surface area contributed by atoms with Crippen LogP contribution in [-0.2, 0) is 6.54 Å². The van der Waals surface area contributed by atoms with Crippen molar-refractivity contribution in [1.82, 2.24) is 10.3 Å². The van der Waals surface area contributed by atoms with E-state index in [1.165, 1.54) is 11.8 Å². The van der Waals surface area contributed by atoms with Gasteiger partial charge in [-0.15, -0.1) is 18.3 Å². The molecule has 0 unspecified atom stereocenters. The van der Waals surface area contributed by atoms with Crippen molar-refractivity contribution in [2.24, 2.45) is 0 Å². The highest BCUT2D eigenvalue weighted by Crippen LogP contribution is 2.32. The van der Waals surface area contributed by atoms with Gasteiger partial charge >= 0.3 is 0 Å². The van der Waals surface area contributed by atoms with Crippen molar-refractivity contribution in [3.05, 3.63) is 60.3 Å². The molecule has 0 spiro atoms. The van der Waals surface area contributed by atoms with Gasteiger partial charge in [-0.3, -0.25) is 4.79 Å². The molecule has 23 heavy (non-hydrogen) atoms. The van der Waals surface area contributed by atoms with Crippen molar-refractivity contribution in [1.29, 1.82) is 0 Å². The van der Waals surface area contributed by atoms with Crippen LogP contribution in [0.5, 0.6) is 11.5 Å². The third-order valence-electron chi connectivity index (χ3n) is 3.24. The zero-order valence-electron chi connectivity index (χ0n) is 12.5. The van der Waals surface area contributed by atoms with Gasteiger partial charge in [0.1, 0.15) is 5.03 Å². The van der Waals surface area contributed by atoms with Crippen LogP contribution in [-0.4, -0.2) is 23.4 Å². The maximum absolute atomic E-state index is 12.4. The van der Waals surface area contributed by atoms with Gasteiger partial charge in [-0.2, -0.15) is 0 Å². The average molecular weight is 328 g/mol. The molecule has 0 radical (unpaired) electrons. The first kappa shape index (κ1) is 15.4. The summed E-state index contributed by atoms with van der Waals surface area (Å²) in [5.74, 6) is 2.00. The quantitative estimate of drug-likeness (QED) is 0.652. The fourth-order valence-corrected chi connectivity index (χ4v) is 2.87. The predicted molar refractivity (Wildman–Crippen MR) is 88.9 cm³/mol. The van der Waals surface area contributed by atoms with Crippen molar-refractivity contribution in [2.75, 3.05) is 12.5 Å². The van der Waals surface area contributed by atoms with Crippen LogP contribution >= 0.6 is 11.8 Å². The lowest BCUT2D eigenvalue weighted by Gasteiger charge is -2.09. The molecule has 3 rings (SSSR count). The molecule has 1 amide bonds. The van der Waals surface area contributed by atoms with Crippen LogP contribution in [0.1, 0.15) is 15.9 Å². The molecule has 0 saturated heterocycles. The van der Waals surface area contributed by atoms with Gasteiger partial charge < -0.3 is 14.8 Å². The number of amides is 1. The summed E-state index contributed by atoms with van der Waals surface area (Å²) in [7, 11) is 0. The molecule has 1 aromatic carbocycles. The molecular formula is C17H16N2O3S. The second kappa shape index (κ2) is 7.19. The van der Waals surface area contributed by atoms with Gasteiger partial charge in [-0.25, -0.2) is 4.98 Å². The average Bonchev–Trinajstić information content (AvgIpc) is 3.05. The lowest BCUT2D eigenvalue weighted by atomic mass is 10.2. The number of ether oxygens (including phenoxy) is 2. The second-order valence-corrected chi connectivity index (χ2v) is 5.83. The van der Waals surface area contributed by atoms with E-state index in [9.17, 15) is 4.79 Å². The summed E-state index contributed by atoms with van der Waals surface area (Å²) in [6.45, 7) is 4.34. The van der Waals surface area contributed by atoms with Crippen molar-refractivity contribution in [3.63, 3.8) is 0 Å². The van der Waals surface area contributed by atoms with Gasteiger partial charge in [-0.1, -0.05) is 12.1 Å². The highest BCUT2D eigenvalue weighted by Gasteiger charge is 2.15. The molecule has 0 aliphatic carbocycles. The first-order valence-electron chi connectivity index (χ1n) is 7.13. The number of thioether (sulfide) groups is 1. The van der Waals surface area contributed by atoms with E-state index in [1.54, 1.807) is 24.4 Å². The third kappa shape index (κ3) is 3.65. The van der Waals surface area contributed by atoms with Gasteiger partial charge in [0.25, 0.3) is 5.91 Å². The van der Waals surface area contributed by atoms with Crippen LogP contribution in [0, 0.1) is 0 Å². The Morgan fingerprint density at radius 3 is 3.09 bits per heavy atom. The Bertz CT molecular complexity index is 734. The highest BCUT2D eigenvalue weighted by atomic mass is 32.2. The number of pyridine rings is 1. The van der Waals surface area contributed by atoms with E-state index < -0.39 is 0 Å². The van der Waals surface area contributed by atoms with E-state index in [-0.39, 0.29) is 12.7 Å². The molecule has 0 bridgehead atoms.